The topological polar surface area (TPSA) is 98.3 Å². The maximum Gasteiger partial charge on any atom is 0.270 e. The SMILES string of the molecule is Nc1ccc([N+](=O)[O-])cc1C(=O)Nc1c(F)cccc1Br. The number of anilines is 2. The van der Waals surface area contributed by atoms with Gasteiger partial charge in [0.2, 0.25) is 0 Å². The highest BCUT2D eigenvalue weighted by atomic mass is 79.9. The van der Waals surface area contributed by atoms with Gasteiger partial charge in [-0.1, -0.05) is 6.07 Å². The van der Waals surface area contributed by atoms with Crippen molar-refractivity contribution in [1.29, 1.82) is 0 Å². The van der Waals surface area contributed by atoms with Crippen LogP contribution in [0.5, 0.6) is 0 Å². The van der Waals surface area contributed by atoms with Gasteiger partial charge in [-0.3, -0.25) is 14.9 Å². The van der Waals surface area contributed by atoms with Gasteiger partial charge in [0.05, 0.1) is 16.2 Å². The van der Waals surface area contributed by atoms with Crippen LogP contribution in [0.2, 0.25) is 0 Å². The summed E-state index contributed by atoms with van der Waals surface area (Å²) in [6.45, 7) is 0. The van der Waals surface area contributed by atoms with Crippen molar-refractivity contribution in [3.05, 3.63) is 62.4 Å². The molecule has 2 aromatic rings. The Hall–Kier alpha value is -2.48. The molecule has 0 aliphatic carbocycles. The minimum Gasteiger partial charge on any atom is -0.398 e. The van der Waals surface area contributed by atoms with E-state index in [1.54, 1.807) is 6.07 Å². The smallest absolute Gasteiger partial charge is 0.270 e. The van der Waals surface area contributed by atoms with Crippen LogP contribution in [0.3, 0.4) is 0 Å². The monoisotopic (exact) mass is 353 g/mol. The number of nitrogens with zero attached hydrogens (tertiary/aromatic N) is 1. The first kappa shape index (κ1) is 14.9. The van der Waals surface area contributed by atoms with Crippen molar-refractivity contribution in [2.24, 2.45) is 0 Å². The van der Waals surface area contributed by atoms with E-state index in [0.29, 0.717) is 4.47 Å². The second-order valence-electron chi connectivity index (χ2n) is 4.08. The molecule has 0 spiro atoms. The number of nitrogen functional groups attached to an aromatic ring is 1. The first-order valence-electron chi connectivity index (χ1n) is 5.69. The fourth-order valence-electron chi connectivity index (χ4n) is 1.65. The number of non-ortho nitro benzene ring substituents is 1. The summed E-state index contributed by atoms with van der Waals surface area (Å²) in [5.41, 5.74) is 5.26. The first-order valence-corrected chi connectivity index (χ1v) is 6.48. The molecule has 0 bridgehead atoms. The number of benzene rings is 2. The number of para-hydroxylation sites is 1. The average Bonchev–Trinajstić information content (AvgIpc) is 2.43. The molecule has 0 aliphatic heterocycles. The van der Waals surface area contributed by atoms with Crippen LogP contribution in [-0.4, -0.2) is 10.8 Å². The molecule has 3 N–H and O–H groups in total. The van der Waals surface area contributed by atoms with Gasteiger partial charge in [-0.05, 0) is 34.1 Å². The van der Waals surface area contributed by atoms with Crippen molar-refractivity contribution in [1.82, 2.24) is 0 Å². The lowest BCUT2D eigenvalue weighted by Gasteiger charge is -2.10. The number of hydrogen-bond acceptors (Lipinski definition) is 4. The highest BCUT2D eigenvalue weighted by Gasteiger charge is 2.17. The zero-order valence-electron chi connectivity index (χ0n) is 10.5. The molecule has 0 aliphatic rings. The van der Waals surface area contributed by atoms with Crippen LogP contribution in [0.25, 0.3) is 0 Å². The third-order valence-corrected chi connectivity index (χ3v) is 3.35. The molecular formula is C13H9BrFN3O3. The maximum atomic E-state index is 13.7. The lowest BCUT2D eigenvalue weighted by molar-refractivity contribution is -0.384. The summed E-state index contributed by atoms with van der Waals surface area (Å²) in [5.74, 6) is -1.37. The third kappa shape index (κ3) is 3.16. The van der Waals surface area contributed by atoms with Crippen LogP contribution in [0.15, 0.2) is 40.9 Å². The second-order valence-corrected chi connectivity index (χ2v) is 4.93. The number of rotatable bonds is 3. The molecule has 108 valence electrons. The maximum absolute atomic E-state index is 13.7. The number of nitro benzene ring substituents is 1. The molecule has 6 nitrogen and oxygen atoms in total. The number of hydrogen-bond donors (Lipinski definition) is 2. The van der Waals surface area contributed by atoms with Gasteiger partial charge in [0.1, 0.15) is 5.82 Å². The molecule has 0 fully saturated rings. The van der Waals surface area contributed by atoms with Crippen LogP contribution < -0.4 is 11.1 Å². The van der Waals surface area contributed by atoms with E-state index in [4.69, 9.17) is 5.73 Å². The molecule has 0 aromatic heterocycles. The third-order valence-electron chi connectivity index (χ3n) is 2.69. The summed E-state index contributed by atoms with van der Waals surface area (Å²) in [7, 11) is 0. The number of nitrogens with one attached hydrogen (secondary N) is 1. The number of carbonyl (C=O) groups excluding carboxylic acids is 1. The van der Waals surface area contributed by atoms with Crippen LogP contribution in [0.4, 0.5) is 21.5 Å². The molecule has 21 heavy (non-hydrogen) atoms. The van der Waals surface area contributed by atoms with Crippen LogP contribution in [-0.2, 0) is 0 Å². The largest absolute Gasteiger partial charge is 0.398 e. The lowest BCUT2D eigenvalue weighted by Crippen LogP contribution is -2.15. The molecular weight excluding hydrogens is 345 g/mol. The van der Waals surface area contributed by atoms with Gasteiger partial charge in [0.25, 0.3) is 11.6 Å². The van der Waals surface area contributed by atoms with Crippen LogP contribution in [0, 0.1) is 15.9 Å². The Bertz CT molecular complexity index is 716. The predicted octanol–water partition coefficient (Wildman–Crippen LogP) is 3.33. The van der Waals surface area contributed by atoms with Gasteiger partial charge in [0.15, 0.2) is 0 Å². The summed E-state index contributed by atoms with van der Waals surface area (Å²) in [6, 6.07) is 7.68. The predicted molar refractivity (Wildman–Crippen MR) is 79.6 cm³/mol. The Morgan fingerprint density at radius 1 is 1.33 bits per heavy atom. The summed E-state index contributed by atoms with van der Waals surface area (Å²) in [4.78, 5) is 22.2. The van der Waals surface area contributed by atoms with Crippen LogP contribution >= 0.6 is 15.9 Å². The summed E-state index contributed by atoms with van der Waals surface area (Å²) >= 11 is 3.11. The van der Waals surface area contributed by atoms with Crippen LogP contribution in [0.1, 0.15) is 10.4 Å². The van der Waals surface area contributed by atoms with Crippen molar-refractivity contribution in [2.75, 3.05) is 11.1 Å². The molecule has 0 saturated heterocycles. The lowest BCUT2D eigenvalue weighted by atomic mass is 10.1. The van der Waals surface area contributed by atoms with E-state index in [1.807, 2.05) is 0 Å². The zero-order valence-corrected chi connectivity index (χ0v) is 12.1. The van der Waals surface area contributed by atoms with Gasteiger partial charge >= 0.3 is 0 Å². The molecule has 0 heterocycles. The molecule has 2 aromatic carbocycles. The Morgan fingerprint density at radius 2 is 2.05 bits per heavy atom. The highest BCUT2D eigenvalue weighted by molar-refractivity contribution is 9.10. The number of nitrogens with two attached hydrogens (primary N) is 1. The number of carbonyl (C=O) groups is 1. The van der Waals surface area contributed by atoms with E-state index in [0.717, 1.165) is 6.07 Å². The van der Waals surface area contributed by atoms with E-state index in [-0.39, 0.29) is 22.6 Å². The normalized spacial score (nSPS) is 10.2. The minimum absolute atomic E-state index is 0.0607. The van der Waals surface area contributed by atoms with Crippen molar-refractivity contribution in [3.63, 3.8) is 0 Å². The molecule has 0 atom stereocenters. The van der Waals surface area contributed by atoms with Crippen molar-refractivity contribution in [3.8, 4) is 0 Å². The number of nitro groups is 1. The van der Waals surface area contributed by atoms with E-state index in [9.17, 15) is 19.3 Å². The van der Waals surface area contributed by atoms with E-state index in [1.165, 1.54) is 24.3 Å². The van der Waals surface area contributed by atoms with E-state index < -0.39 is 16.6 Å². The van der Waals surface area contributed by atoms with Gasteiger partial charge in [-0.2, -0.15) is 0 Å². The van der Waals surface area contributed by atoms with E-state index in [2.05, 4.69) is 21.2 Å². The standard InChI is InChI=1S/C13H9BrFN3O3/c14-9-2-1-3-10(15)12(9)17-13(19)8-6-7(18(20)21)4-5-11(8)16/h1-6H,16H2,(H,17,19). The van der Waals surface area contributed by atoms with Crippen molar-refractivity contribution < 1.29 is 14.1 Å². The fourth-order valence-corrected chi connectivity index (χ4v) is 2.09. The van der Waals surface area contributed by atoms with Crippen molar-refractivity contribution in [2.45, 2.75) is 0 Å². The molecule has 0 unspecified atom stereocenters. The minimum atomic E-state index is -0.734. The highest BCUT2D eigenvalue weighted by Crippen LogP contribution is 2.27. The Labute approximate surface area is 127 Å². The zero-order chi connectivity index (χ0) is 15.6. The van der Waals surface area contributed by atoms with Gasteiger partial charge in [0, 0.05) is 22.3 Å². The Balaban J connectivity index is 2.37. The second kappa shape index (κ2) is 5.88. The summed E-state index contributed by atoms with van der Waals surface area (Å²) < 4.78 is 14.0. The average molecular weight is 354 g/mol. The Morgan fingerprint density at radius 3 is 2.67 bits per heavy atom. The number of amides is 1. The van der Waals surface area contributed by atoms with Gasteiger partial charge in [-0.25, -0.2) is 4.39 Å². The molecule has 0 radical (unpaired) electrons. The van der Waals surface area contributed by atoms with E-state index >= 15 is 0 Å². The fraction of sp³-hybridized carbons (Fsp3) is 0. The quantitative estimate of drug-likeness (QED) is 0.502. The molecule has 0 saturated carbocycles. The molecule has 8 heteroatoms. The molecule has 2 rings (SSSR count). The van der Waals surface area contributed by atoms with Gasteiger partial charge < -0.3 is 11.1 Å². The number of halogens is 2. The summed E-state index contributed by atoms with van der Waals surface area (Å²) in [6.07, 6.45) is 0. The van der Waals surface area contributed by atoms with Crippen molar-refractivity contribution >= 4 is 38.9 Å². The Kier molecular flexibility index (Phi) is 4.18. The summed E-state index contributed by atoms with van der Waals surface area (Å²) in [5, 5.41) is 13.1. The van der Waals surface area contributed by atoms with Gasteiger partial charge in [-0.15, -0.1) is 0 Å². The molecule has 1 amide bonds. The first-order chi connectivity index (χ1) is 9.90.